The van der Waals surface area contributed by atoms with Crippen molar-refractivity contribution < 1.29 is 0 Å². The predicted octanol–water partition coefficient (Wildman–Crippen LogP) is 3.19. The van der Waals surface area contributed by atoms with Crippen molar-refractivity contribution in [3.63, 3.8) is 0 Å². The van der Waals surface area contributed by atoms with Crippen molar-refractivity contribution in [2.24, 2.45) is 0 Å². The average molecular weight is 253 g/mol. The number of rotatable bonds is 3. The molecule has 0 aromatic carbocycles. The van der Waals surface area contributed by atoms with Gasteiger partial charge in [-0.15, -0.1) is 11.3 Å². The second-order valence-electron chi connectivity index (χ2n) is 3.90. The molecule has 0 atom stereocenters. The van der Waals surface area contributed by atoms with Crippen molar-refractivity contribution >= 4 is 11.3 Å². The molecule has 4 heteroatoms. The van der Waals surface area contributed by atoms with Gasteiger partial charge < -0.3 is 0 Å². The zero-order chi connectivity index (χ0) is 12.2. The Morgan fingerprint density at radius 3 is 2.67 bits per heavy atom. The standard InChI is InChI=1S/C14H11N3S/c1-2-11(9-16-5-1)8-14-17-13(10-18-14)12-3-6-15-7-4-12/h1-7,9-10H,8H2. The molecule has 0 fully saturated rings. The second-order valence-corrected chi connectivity index (χ2v) is 4.84. The molecule has 18 heavy (non-hydrogen) atoms. The van der Waals surface area contributed by atoms with Crippen molar-refractivity contribution in [2.75, 3.05) is 0 Å². The van der Waals surface area contributed by atoms with Crippen LogP contribution in [0.25, 0.3) is 11.3 Å². The van der Waals surface area contributed by atoms with Crippen LogP contribution in [0.4, 0.5) is 0 Å². The van der Waals surface area contributed by atoms with Gasteiger partial charge in [-0.3, -0.25) is 9.97 Å². The molecule has 0 aliphatic heterocycles. The molecule has 0 saturated carbocycles. The number of hydrogen-bond donors (Lipinski definition) is 0. The second kappa shape index (κ2) is 5.06. The third-order valence-corrected chi connectivity index (χ3v) is 3.45. The summed E-state index contributed by atoms with van der Waals surface area (Å²) in [5, 5.41) is 3.19. The first-order valence-electron chi connectivity index (χ1n) is 5.65. The molecule has 3 rings (SSSR count). The molecule has 0 spiro atoms. The maximum absolute atomic E-state index is 4.64. The fourth-order valence-corrected chi connectivity index (χ4v) is 2.56. The van der Waals surface area contributed by atoms with Crippen LogP contribution >= 0.6 is 11.3 Å². The van der Waals surface area contributed by atoms with Gasteiger partial charge >= 0.3 is 0 Å². The van der Waals surface area contributed by atoms with Crippen LogP contribution in [-0.4, -0.2) is 15.0 Å². The molecule has 3 heterocycles. The Morgan fingerprint density at radius 2 is 1.89 bits per heavy atom. The Morgan fingerprint density at radius 1 is 1.00 bits per heavy atom. The molecule has 0 N–H and O–H groups in total. The first-order chi connectivity index (χ1) is 8.92. The summed E-state index contributed by atoms with van der Waals surface area (Å²) in [7, 11) is 0. The fourth-order valence-electron chi connectivity index (χ4n) is 1.72. The van der Waals surface area contributed by atoms with Gasteiger partial charge in [-0.1, -0.05) is 6.07 Å². The maximum Gasteiger partial charge on any atom is 0.0977 e. The highest BCUT2D eigenvalue weighted by Crippen LogP contribution is 2.22. The van der Waals surface area contributed by atoms with Gasteiger partial charge in [0, 0.05) is 42.2 Å². The summed E-state index contributed by atoms with van der Waals surface area (Å²) in [4.78, 5) is 12.8. The van der Waals surface area contributed by atoms with Crippen LogP contribution in [0.5, 0.6) is 0 Å². The van der Waals surface area contributed by atoms with Crippen molar-refractivity contribution in [3.05, 3.63) is 65.0 Å². The lowest BCUT2D eigenvalue weighted by Crippen LogP contribution is -1.88. The highest BCUT2D eigenvalue weighted by molar-refractivity contribution is 7.10. The van der Waals surface area contributed by atoms with Crippen LogP contribution in [-0.2, 0) is 6.42 Å². The van der Waals surface area contributed by atoms with E-state index in [9.17, 15) is 0 Å². The largest absolute Gasteiger partial charge is 0.265 e. The molecule has 0 bridgehead atoms. The number of thiazole rings is 1. The summed E-state index contributed by atoms with van der Waals surface area (Å²) >= 11 is 1.68. The third-order valence-electron chi connectivity index (χ3n) is 2.61. The maximum atomic E-state index is 4.64. The van der Waals surface area contributed by atoms with E-state index in [4.69, 9.17) is 0 Å². The molecule has 0 radical (unpaired) electrons. The summed E-state index contributed by atoms with van der Waals surface area (Å²) < 4.78 is 0. The van der Waals surface area contributed by atoms with Crippen LogP contribution < -0.4 is 0 Å². The summed E-state index contributed by atoms with van der Waals surface area (Å²) in [5.41, 5.74) is 3.31. The van der Waals surface area contributed by atoms with Gasteiger partial charge in [-0.25, -0.2) is 4.98 Å². The Balaban J connectivity index is 1.82. The topological polar surface area (TPSA) is 38.7 Å². The molecular weight excluding hydrogens is 242 g/mol. The first-order valence-corrected chi connectivity index (χ1v) is 6.53. The highest BCUT2D eigenvalue weighted by atomic mass is 32.1. The van der Waals surface area contributed by atoms with Crippen LogP contribution in [0.3, 0.4) is 0 Å². The minimum atomic E-state index is 0.837. The molecule has 3 nitrogen and oxygen atoms in total. The zero-order valence-corrected chi connectivity index (χ0v) is 10.5. The SMILES string of the molecule is c1cncc(Cc2nc(-c3ccncc3)cs2)c1. The van der Waals surface area contributed by atoms with Gasteiger partial charge in [-0.05, 0) is 23.8 Å². The molecular formula is C14H11N3S. The van der Waals surface area contributed by atoms with Crippen LogP contribution in [0.1, 0.15) is 10.6 Å². The number of hydrogen-bond acceptors (Lipinski definition) is 4. The van der Waals surface area contributed by atoms with E-state index in [0.29, 0.717) is 0 Å². The quantitative estimate of drug-likeness (QED) is 0.719. The van der Waals surface area contributed by atoms with Gasteiger partial charge in [-0.2, -0.15) is 0 Å². The fraction of sp³-hybridized carbons (Fsp3) is 0.0714. The van der Waals surface area contributed by atoms with E-state index in [2.05, 4.69) is 26.4 Å². The lowest BCUT2D eigenvalue weighted by atomic mass is 10.2. The minimum absolute atomic E-state index is 0.837. The average Bonchev–Trinajstić information content (AvgIpc) is 2.89. The molecule has 0 aliphatic carbocycles. The predicted molar refractivity (Wildman–Crippen MR) is 72.4 cm³/mol. The van der Waals surface area contributed by atoms with Gasteiger partial charge in [0.1, 0.15) is 0 Å². The lowest BCUT2D eigenvalue weighted by Gasteiger charge is -1.96. The van der Waals surface area contributed by atoms with Gasteiger partial charge in [0.05, 0.1) is 10.7 Å². The van der Waals surface area contributed by atoms with Crippen LogP contribution in [0.2, 0.25) is 0 Å². The number of pyridine rings is 2. The Labute approximate surface area is 109 Å². The normalized spacial score (nSPS) is 10.4. The highest BCUT2D eigenvalue weighted by Gasteiger charge is 2.05. The lowest BCUT2D eigenvalue weighted by molar-refractivity contribution is 1.11. The number of nitrogens with zero attached hydrogens (tertiary/aromatic N) is 3. The van der Waals surface area contributed by atoms with E-state index in [0.717, 1.165) is 22.7 Å². The zero-order valence-electron chi connectivity index (χ0n) is 9.65. The van der Waals surface area contributed by atoms with Crippen molar-refractivity contribution in [1.29, 1.82) is 0 Å². The number of aromatic nitrogens is 3. The van der Waals surface area contributed by atoms with Crippen LogP contribution in [0, 0.1) is 0 Å². The van der Waals surface area contributed by atoms with E-state index in [1.54, 1.807) is 29.9 Å². The van der Waals surface area contributed by atoms with Gasteiger partial charge in [0.25, 0.3) is 0 Å². The van der Waals surface area contributed by atoms with E-state index in [-0.39, 0.29) is 0 Å². The van der Waals surface area contributed by atoms with Crippen molar-refractivity contribution in [2.45, 2.75) is 6.42 Å². The third kappa shape index (κ3) is 2.43. The molecule has 3 aromatic heterocycles. The van der Waals surface area contributed by atoms with Crippen molar-refractivity contribution in [1.82, 2.24) is 15.0 Å². The van der Waals surface area contributed by atoms with E-state index in [1.165, 1.54) is 5.56 Å². The molecule has 0 aliphatic rings. The summed E-state index contributed by atoms with van der Waals surface area (Å²) in [5.74, 6) is 0. The molecule has 3 aromatic rings. The van der Waals surface area contributed by atoms with Gasteiger partial charge in [0.15, 0.2) is 0 Å². The summed E-state index contributed by atoms with van der Waals surface area (Å²) in [6, 6.07) is 7.97. The first kappa shape index (κ1) is 11.0. The molecule has 0 amide bonds. The minimum Gasteiger partial charge on any atom is -0.265 e. The summed E-state index contributed by atoms with van der Waals surface area (Å²) in [6.45, 7) is 0. The Bertz CT molecular complexity index is 620. The van der Waals surface area contributed by atoms with Crippen molar-refractivity contribution in [3.8, 4) is 11.3 Å². The van der Waals surface area contributed by atoms with E-state index in [1.807, 2.05) is 24.4 Å². The molecule has 0 saturated heterocycles. The van der Waals surface area contributed by atoms with E-state index < -0.39 is 0 Å². The monoisotopic (exact) mass is 253 g/mol. The molecule has 0 unspecified atom stereocenters. The van der Waals surface area contributed by atoms with E-state index >= 15 is 0 Å². The summed E-state index contributed by atoms with van der Waals surface area (Å²) in [6.07, 6.45) is 8.08. The Kier molecular flexibility index (Phi) is 3.10. The molecule has 88 valence electrons. The Hall–Kier alpha value is -2.07. The van der Waals surface area contributed by atoms with Crippen LogP contribution in [0.15, 0.2) is 54.4 Å². The van der Waals surface area contributed by atoms with Gasteiger partial charge in [0.2, 0.25) is 0 Å². The smallest absolute Gasteiger partial charge is 0.0977 e.